The molecule has 0 radical (unpaired) electrons. The molecule has 6 nitrogen and oxygen atoms in total. The largest absolute Gasteiger partial charge is 0.418 e. The van der Waals surface area contributed by atoms with Crippen LogP contribution in [-0.4, -0.2) is 27.8 Å². The van der Waals surface area contributed by atoms with E-state index in [1.807, 2.05) is 0 Å². The first-order chi connectivity index (χ1) is 14.6. The summed E-state index contributed by atoms with van der Waals surface area (Å²) in [7, 11) is 0. The Morgan fingerprint density at radius 3 is 2.61 bits per heavy atom. The minimum Gasteiger partial charge on any atom is -0.325 e. The molecule has 0 bridgehead atoms. The quantitative estimate of drug-likeness (QED) is 0.292. The third kappa shape index (κ3) is 6.42. The molecule has 1 aromatic heterocycles. The Morgan fingerprint density at radius 2 is 1.87 bits per heavy atom. The molecule has 0 aliphatic carbocycles. The van der Waals surface area contributed by atoms with Gasteiger partial charge in [-0.25, -0.2) is 0 Å². The normalized spacial score (nSPS) is 11.3. The number of hydrogen-bond donors (Lipinski definition) is 2. The molecule has 0 unspecified atom stereocenters. The van der Waals surface area contributed by atoms with E-state index in [-0.39, 0.29) is 27.2 Å². The van der Waals surface area contributed by atoms with Crippen LogP contribution in [0.4, 0.5) is 24.0 Å². The lowest BCUT2D eigenvalue weighted by atomic mass is 10.1. The molecule has 162 valence electrons. The van der Waals surface area contributed by atoms with Gasteiger partial charge >= 0.3 is 6.18 Å². The Kier molecular flexibility index (Phi) is 7.57. The first-order valence-electron chi connectivity index (χ1n) is 8.32. The lowest BCUT2D eigenvalue weighted by Crippen LogP contribution is -2.18. The Labute approximate surface area is 195 Å². The molecule has 31 heavy (non-hydrogen) atoms. The summed E-state index contributed by atoms with van der Waals surface area (Å²) in [5, 5.41) is 12.9. The summed E-state index contributed by atoms with van der Waals surface area (Å²) in [6.07, 6.45) is -4.58. The number of halogens is 5. The van der Waals surface area contributed by atoms with E-state index >= 15 is 0 Å². The molecule has 0 fully saturated rings. The number of amides is 2. The first-order valence-corrected chi connectivity index (χ1v) is 11.3. The van der Waals surface area contributed by atoms with Crippen molar-refractivity contribution in [2.24, 2.45) is 0 Å². The molecule has 3 aromatic rings. The zero-order valence-corrected chi connectivity index (χ0v) is 19.1. The maximum Gasteiger partial charge on any atom is 0.418 e. The molecule has 2 N–H and O–H groups in total. The van der Waals surface area contributed by atoms with Crippen molar-refractivity contribution in [3.05, 3.63) is 63.1 Å². The molecule has 13 heteroatoms. The minimum atomic E-state index is -4.58. The fourth-order valence-corrected chi connectivity index (χ4v) is 4.42. The highest BCUT2D eigenvalue weighted by atomic mass is 79.9. The molecule has 2 amide bonds. The van der Waals surface area contributed by atoms with Crippen LogP contribution in [0.15, 0.2) is 51.3 Å². The third-order valence-corrected chi connectivity index (χ3v) is 6.43. The number of thioether (sulfide) groups is 1. The fraction of sp³-hybridized carbons (Fsp3) is 0.111. The van der Waals surface area contributed by atoms with Crippen molar-refractivity contribution in [1.82, 2.24) is 10.2 Å². The van der Waals surface area contributed by atoms with E-state index < -0.39 is 23.6 Å². The molecule has 0 spiro atoms. The highest BCUT2D eigenvalue weighted by Crippen LogP contribution is 2.35. The molecule has 3 rings (SSSR count). The van der Waals surface area contributed by atoms with Crippen LogP contribution in [-0.2, 0) is 11.0 Å². The Bertz CT molecular complexity index is 1130. The number of rotatable bonds is 6. The van der Waals surface area contributed by atoms with Crippen LogP contribution in [0.1, 0.15) is 15.9 Å². The van der Waals surface area contributed by atoms with E-state index in [9.17, 15) is 22.8 Å². The minimum absolute atomic E-state index is 0.186. The Balaban J connectivity index is 1.58. The van der Waals surface area contributed by atoms with Crippen molar-refractivity contribution < 1.29 is 22.8 Å². The second kappa shape index (κ2) is 9.98. The van der Waals surface area contributed by atoms with E-state index in [1.165, 1.54) is 18.2 Å². The van der Waals surface area contributed by atoms with Gasteiger partial charge in [0.25, 0.3) is 5.91 Å². The topological polar surface area (TPSA) is 84.0 Å². The van der Waals surface area contributed by atoms with Gasteiger partial charge in [0.2, 0.25) is 11.0 Å². The second-order valence-electron chi connectivity index (χ2n) is 5.83. The highest BCUT2D eigenvalue weighted by molar-refractivity contribution is 9.10. The van der Waals surface area contributed by atoms with Crippen LogP contribution in [0.25, 0.3) is 0 Å². The molecule has 0 saturated heterocycles. The van der Waals surface area contributed by atoms with Crippen LogP contribution < -0.4 is 10.6 Å². The van der Waals surface area contributed by atoms with E-state index in [0.717, 1.165) is 29.2 Å². The maximum atomic E-state index is 13.0. The monoisotopic (exact) mass is 550 g/mol. The SMILES string of the molecule is O=C(CSc1nnc(NC(=O)c2cc(Br)ccc2Cl)s1)Nc1ccccc1C(F)(F)F. The molecule has 0 saturated carbocycles. The average molecular weight is 552 g/mol. The number of para-hydroxylation sites is 1. The highest BCUT2D eigenvalue weighted by Gasteiger charge is 2.33. The molecule has 0 atom stereocenters. The van der Waals surface area contributed by atoms with Crippen molar-refractivity contribution >= 4 is 73.3 Å². The van der Waals surface area contributed by atoms with E-state index in [0.29, 0.717) is 8.81 Å². The van der Waals surface area contributed by atoms with Crippen LogP contribution in [0.5, 0.6) is 0 Å². The average Bonchev–Trinajstić information content (AvgIpc) is 3.15. The number of carbonyl (C=O) groups excluding carboxylic acids is 2. The van der Waals surface area contributed by atoms with Crippen LogP contribution >= 0.6 is 50.6 Å². The first kappa shape index (κ1) is 23.5. The molecular formula is C18H11BrClF3N4O2S2. The summed E-state index contributed by atoms with van der Waals surface area (Å²) < 4.78 is 40.1. The number of aromatic nitrogens is 2. The molecule has 0 aliphatic rings. The number of nitrogens with zero attached hydrogens (tertiary/aromatic N) is 2. The third-order valence-electron chi connectivity index (χ3n) is 3.63. The predicted octanol–water partition coefficient (Wildman–Crippen LogP) is 5.96. The number of hydrogen-bond acceptors (Lipinski definition) is 6. The fourth-order valence-electron chi connectivity index (χ4n) is 2.31. The molecule has 0 aliphatic heterocycles. The zero-order chi connectivity index (χ0) is 22.6. The van der Waals surface area contributed by atoms with Crippen molar-refractivity contribution in [2.45, 2.75) is 10.5 Å². The van der Waals surface area contributed by atoms with Gasteiger partial charge in [-0.1, -0.05) is 62.8 Å². The summed E-state index contributed by atoms with van der Waals surface area (Å²) in [5.74, 6) is -1.31. The molecular weight excluding hydrogens is 541 g/mol. The number of nitrogens with one attached hydrogen (secondary N) is 2. The summed E-state index contributed by atoms with van der Waals surface area (Å²) in [5.41, 5.74) is -1.01. The van der Waals surface area contributed by atoms with Crippen molar-refractivity contribution in [2.75, 3.05) is 16.4 Å². The van der Waals surface area contributed by atoms with Gasteiger partial charge in [0.15, 0.2) is 4.34 Å². The smallest absolute Gasteiger partial charge is 0.325 e. The van der Waals surface area contributed by atoms with Crippen molar-refractivity contribution in [3.8, 4) is 0 Å². The van der Waals surface area contributed by atoms with E-state index in [4.69, 9.17) is 11.6 Å². The van der Waals surface area contributed by atoms with Gasteiger partial charge in [-0.05, 0) is 30.3 Å². The summed E-state index contributed by atoms with van der Waals surface area (Å²) >= 11 is 11.3. The summed E-state index contributed by atoms with van der Waals surface area (Å²) in [6, 6.07) is 9.52. The number of anilines is 2. The molecule has 2 aromatic carbocycles. The van der Waals surface area contributed by atoms with Gasteiger partial charge < -0.3 is 5.32 Å². The van der Waals surface area contributed by atoms with Gasteiger partial charge in [-0.2, -0.15) is 13.2 Å². The Hall–Kier alpha value is -2.15. The standard InChI is InChI=1S/C18H11BrClF3N4O2S2/c19-9-5-6-12(20)10(7-9)15(29)25-16-26-27-17(31-16)30-8-14(28)24-13-4-2-1-3-11(13)18(21,22)23/h1-7H,8H2,(H,24,28)(H,25,26,29). The van der Waals surface area contributed by atoms with Gasteiger partial charge in [0, 0.05) is 4.47 Å². The zero-order valence-electron chi connectivity index (χ0n) is 15.2. The second-order valence-corrected chi connectivity index (χ2v) is 9.35. The van der Waals surface area contributed by atoms with Crippen molar-refractivity contribution in [1.29, 1.82) is 0 Å². The number of benzene rings is 2. The van der Waals surface area contributed by atoms with Gasteiger partial charge in [0.1, 0.15) is 0 Å². The van der Waals surface area contributed by atoms with Crippen molar-refractivity contribution in [3.63, 3.8) is 0 Å². The van der Waals surface area contributed by atoms with Crippen LogP contribution in [0, 0.1) is 0 Å². The summed E-state index contributed by atoms with van der Waals surface area (Å²) in [4.78, 5) is 24.4. The van der Waals surface area contributed by atoms with E-state index in [1.54, 1.807) is 18.2 Å². The van der Waals surface area contributed by atoms with Gasteiger partial charge in [-0.3, -0.25) is 14.9 Å². The number of carbonyl (C=O) groups is 2. The number of alkyl halides is 3. The lowest BCUT2D eigenvalue weighted by Gasteiger charge is -2.13. The van der Waals surface area contributed by atoms with Crippen LogP contribution in [0.3, 0.4) is 0 Å². The molecule has 1 heterocycles. The van der Waals surface area contributed by atoms with Gasteiger partial charge in [0.05, 0.1) is 27.6 Å². The summed E-state index contributed by atoms with van der Waals surface area (Å²) in [6.45, 7) is 0. The Morgan fingerprint density at radius 1 is 1.13 bits per heavy atom. The predicted molar refractivity (Wildman–Crippen MR) is 118 cm³/mol. The lowest BCUT2D eigenvalue weighted by molar-refractivity contribution is -0.137. The van der Waals surface area contributed by atoms with Crippen LogP contribution in [0.2, 0.25) is 5.02 Å². The maximum absolute atomic E-state index is 13.0. The van der Waals surface area contributed by atoms with E-state index in [2.05, 4.69) is 36.8 Å². The van der Waals surface area contributed by atoms with Gasteiger partial charge in [-0.15, -0.1) is 10.2 Å².